The Kier molecular flexibility index (Phi) is 4.00. The van der Waals surface area contributed by atoms with Crippen molar-refractivity contribution < 1.29 is 4.92 Å². The zero-order valence-corrected chi connectivity index (χ0v) is 10.6. The van der Waals surface area contributed by atoms with Gasteiger partial charge in [0.1, 0.15) is 5.69 Å². The predicted octanol–water partition coefficient (Wildman–Crippen LogP) is 3.08. The third-order valence-electron chi connectivity index (χ3n) is 1.59. The Balaban J connectivity index is 3.08. The summed E-state index contributed by atoms with van der Waals surface area (Å²) in [5.74, 6) is 0. The van der Waals surface area contributed by atoms with Crippen molar-refractivity contribution in [3.05, 3.63) is 32.5 Å². The molecule has 1 aromatic rings. The number of pyridine rings is 1. The molecular weight excluding hydrogens is 316 g/mol. The van der Waals surface area contributed by atoms with Crippen molar-refractivity contribution in [2.24, 2.45) is 0 Å². The van der Waals surface area contributed by atoms with Crippen molar-refractivity contribution in [3.63, 3.8) is 0 Å². The Morgan fingerprint density at radius 2 is 2.36 bits per heavy atom. The van der Waals surface area contributed by atoms with Gasteiger partial charge >= 0.3 is 0 Å². The van der Waals surface area contributed by atoms with E-state index in [0.717, 1.165) is 0 Å². The summed E-state index contributed by atoms with van der Waals surface area (Å²) in [6.07, 6.45) is 2.11. The molecular formula is C8H8Br2N2O2. The lowest BCUT2D eigenvalue weighted by Gasteiger charge is -2.03. The van der Waals surface area contributed by atoms with E-state index >= 15 is 0 Å². The average Bonchev–Trinajstić information content (AvgIpc) is 2.07. The second kappa shape index (κ2) is 4.84. The summed E-state index contributed by atoms with van der Waals surface area (Å²) in [5.41, 5.74) is 0.563. The molecule has 0 radical (unpaired) electrons. The summed E-state index contributed by atoms with van der Waals surface area (Å²) < 4.78 is 0.621. The van der Waals surface area contributed by atoms with E-state index in [2.05, 4.69) is 36.8 Å². The highest BCUT2D eigenvalue weighted by atomic mass is 79.9. The van der Waals surface area contributed by atoms with E-state index in [1.54, 1.807) is 6.20 Å². The van der Waals surface area contributed by atoms with Crippen LogP contribution < -0.4 is 0 Å². The molecule has 0 amide bonds. The molecule has 0 saturated heterocycles. The van der Waals surface area contributed by atoms with Gasteiger partial charge in [-0.15, -0.1) is 0 Å². The highest BCUT2D eigenvalue weighted by Gasteiger charge is 2.16. The summed E-state index contributed by atoms with van der Waals surface area (Å²) in [6.45, 7) is 1.92. The second-order valence-electron chi connectivity index (χ2n) is 2.86. The molecule has 0 N–H and O–H groups in total. The van der Waals surface area contributed by atoms with Gasteiger partial charge in [-0.3, -0.25) is 15.1 Å². The highest BCUT2D eigenvalue weighted by molar-refractivity contribution is 9.10. The SMILES string of the molecule is CC(Br)Cc1ncc(Br)cc1[N+](=O)[O-]. The molecule has 0 aliphatic heterocycles. The summed E-state index contributed by atoms with van der Waals surface area (Å²) in [4.78, 5) is 14.5. The Morgan fingerprint density at radius 3 is 2.86 bits per heavy atom. The molecule has 0 aromatic carbocycles. The predicted molar refractivity (Wildman–Crippen MR) is 60.7 cm³/mol. The third-order valence-corrected chi connectivity index (χ3v) is 2.34. The molecule has 0 aliphatic rings. The van der Waals surface area contributed by atoms with Crippen LogP contribution in [0.5, 0.6) is 0 Å². The lowest BCUT2D eigenvalue weighted by atomic mass is 10.2. The summed E-state index contributed by atoms with van der Waals surface area (Å²) in [5, 5.41) is 10.7. The van der Waals surface area contributed by atoms with Crippen molar-refractivity contribution in [1.82, 2.24) is 4.98 Å². The van der Waals surface area contributed by atoms with E-state index in [0.29, 0.717) is 16.6 Å². The number of rotatable bonds is 3. The molecule has 76 valence electrons. The number of alkyl halides is 1. The molecule has 0 aliphatic carbocycles. The van der Waals surface area contributed by atoms with Gasteiger partial charge in [-0.1, -0.05) is 22.9 Å². The van der Waals surface area contributed by atoms with E-state index in [-0.39, 0.29) is 10.5 Å². The smallest absolute Gasteiger partial charge is 0.258 e. The number of nitro groups is 1. The largest absolute Gasteiger partial charge is 0.291 e. The van der Waals surface area contributed by atoms with E-state index in [1.165, 1.54) is 6.07 Å². The fourth-order valence-corrected chi connectivity index (χ4v) is 1.66. The molecule has 0 fully saturated rings. The fraction of sp³-hybridized carbons (Fsp3) is 0.375. The first-order valence-electron chi connectivity index (χ1n) is 3.93. The normalized spacial score (nSPS) is 12.5. The maximum Gasteiger partial charge on any atom is 0.291 e. The molecule has 1 heterocycles. The summed E-state index contributed by atoms with van der Waals surface area (Å²) in [7, 11) is 0. The maximum atomic E-state index is 10.7. The van der Waals surface area contributed by atoms with Crippen LogP contribution >= 0.6 is 31.9 Å². The van der Waals surface area contributed by atoms with E-state index in [9.17, 15) is 10.1 Å². The van der Waals surface area contributed by atoms with E-state index < -0.39 is 4.92 Å². The van der Waals surface area contributed by atoms with E-state index in [1.807, 2.05) is 6.92 Å². The molecule has 0 saturated carbocycles. The minimum absolute atomic E-state index is 0.0608. The lowest BCUT2D eigenvalue weighted by Crippen LogP contribution is -2.03. The van der Waals surface area contributed by atoms with Gasteiger partial charge in [-0.05, 0) is 15.9 Å². The molecule has 1 aromatic heterocycles. The number of hydrogen-bond acceptors (Lipinski definition) is 3. The van der Waals surface area contributed by atoms with Crippen LogP contribution in [0.15, 0.2) is 16.7 Å². The molecule has 1 unspecified atom stereocenters. The Bertz CT molecular complexity index is 355. The monoisotopic (exact) mass is 322 g/mol. The van der Waals surface area contributed by atoms with Crippen LogP contribution in [-0.4, -0.2) is 14.7 Å². The molecule has 14 heavy (non-hydrogen) atoms. The number of nitrogens with zero attached hydrogens (tertiary/aromatic N) is 2. The van der Waals surface area contributed by atoms with Crippen molar-refractivity contribution in [3.8, 4) is 0 Å². The summed E-state index contributed by atoms with van der Waals surface area (Å²) >= 11 is 6.49. The van der Waals surface area contributed by atoms with Crippen LogP contribution in [0.3, 0.4) is 0 Å². The van der Waals surface area contributed by atoms with Gasteiger partial charge in [0.2, 0.25) is 0 Å². The minimum Gasteiger partial charge on any atom is -0.258 e. The van der Waals surface area contributed by atoms with Gasteiger partial charge in [-0.2, -0.15) is 0 Å². The molecule has 4 nitrogen and oxygen atoms in total. The van der Waals surface area contributed by atoms with Gasteiger partial charge in [0, 0.05) is 28.0 Å². The zero-order chi connectivity index (χ0) is 10.7. The fourth-order valence-electron chi connectivity index (χ4n) is 1.04. The van der Waals surface area contributed by atoms with Crippen LogP contribution in [0.2, 0.25) is 0 Å². The van der Waals surface area contributed by atoms with Gasteiger partial charge < -0.3 is 0 Å². The molecule has 0 spiro atoms. The number of aromatic nitrogens is 1. The molecule has 0 bridgehead atoms. The summed E-state index contributed by atoms with van der Waals surface area (Å²) in [6, 6.07) is 1.47. The Hall–Kier alpha value is -0.490. The third kappa shape index (κ3) is 3.02. The van der Waals surface area contributed by atoms with Crippen LogP contribution in [0, 0.1) is 10.1 Å². The van der Waals surface area contributed by atoms with Crippen molar-refractivity contribution in [2.45, 2.75) is 18.2 Å². The van der Waals surface area contributed by atoms with Crippen molar-refractivity contribution in [2.75, 3.05) is 0 Å². The maximum absolute atomic E-state index is 10.7. The second-order valence-corrected chi connectivity index (χ2v) is 5.34. The van der Waals surface area contributed by atoms with Gasteiger partial charge in [0.05, 0.1) is 4.92 Å². The molecule has 1 atom stereocenters. The Morgan fingerprint density at radius 1 is 1.71 bits per heavy atom. The van der Waals surface area contributed by atoms with Crippen molar-refractivity contribution in [1.29, 1.82) is 0 Å². The number of halogens is 2. The first-order valence-corrected chi connectivity index (χ1v) is 5.64. The molecule has 1 rings (SSSR count). The van der Waals surface area contributed by atoms with Gasteiger partial charge in [0.25, 0.3) is 5.69 Å². The van der Waals surface area contributed by atoms with Crippen LogP contribution in [0.25, 0.3) is 0 Å². The van der Waals surface area contributed by atoms with Crippen LogP contribution in [0.1, 0.15) is 12.6 Å². The topological polar surface area (TPSA) is 56.0 Å². The first kappa shape index (κ1) is 11.6. The molecule has 6 heteroatoms. The quantitative estimate of drug-likeness (QED) is 0.488. The first-order chi connectivity index (χ1) is 6.50. The van der Waals surface area contributed by atoms with Crippen LogP contribution in [0.4, 0.5) is 5.69 Å². The minimum atomic E-state index is -0.414. The standard InChI is InChI=1S/C8H8Br2N2O2/c1-5(9)2-7-8(12(13)14)3-6(10)4-11-7/h3-5H,2H2,1H3. The van der Waals surface area contributed by atoms with Gasteiger partial charge in [-0.25, -0.2) is 0 Å². The lowest BCUT2D eigenvalue weighted by molar-refractivity contribution is -0.386. The van der Waals surface area contributed by atoms with E-state index in [4.69, 9.17) is 0 Å². The highest BCUT2D eigenvalue weighted by Crippen LogP contribution is 2.23. The van der Waals surface area contributed by atoms with Gasteiger partial charge in [0.15, 0.2) is 0 Å². The Labute approximate surface area is 98.1 Å². The number of hydrogen-bond donors (Lipinski definition) is 0. The van der Waals surface area contributed by atoms with Crippen molar-refractivity contribution >= 4 is 37.5 Å². The zero-order valence-electron chi connectivity index (χ0n) is 7.41. The van der Waals surface area contributed by atoms with Crippen LogP contribution in [-0.2, 0) is 6.42 Å². The average molecular weight is 324 g/mol.